The molecule has 0 aliphatic heterocycles. The summed E-state index contributed by atoms with van der Waals surface area (Å²) in [5.74, 6) is -0.00488. The van der Waals surface area contributed by atoms with E-state index in [-0.39, 0.29) is 16.3 Å². The number of carbonyl (C=O) groups is 2. The summed E-state index contributed by atoms with van der Waals surface area (Å²) in [7, 11) is 1.44. The molecule has 1 N–H and O–H groups in total. The first-order valence-corrected chi connectivity index (χ1v) is 11.9. The number of hydrogen-bond acceptors (Lipinski definition) is 6. The van der Waals surface area contributed by atoms with Gasteiger partial charge in [0.2, 0.25) is 0 Å². The molecule has 0 aliphatic carbocycles. The van der Waals surface area contributed by atoms with Crippen molar-refractivity contribution in [3.63, 3.8) is 0 Å². The maximum Gasteiger partial charge on any atom is 0.345 e. The van der Waals surface area contributed by atoms with Crippen molar-refractivity contribution in [2.24, 2.45) is 5.10 Å². The minimum absolute atomic E-state index is 0.168. The zero-order valence-corrected chi connectivity index (χ0v) is 21.4. The fourth-order valence-corrected chi connectivity index (χ4v) is 3.90. The summed E-state index contributed by atoms with van der Waals surface area (Å²) in [4.78, 5) is 24.9. The number of hydrazone groups is 1. The molecule has 1 atom stereocenters. The Morgan fingerprint density at radius 1 is 0.919 bits per heavy atom. The monoisotopic (exact) mass is 536 g/mol. The molecule has 0 radical (unpaired) electrons. The average molecular weight is 537 g/mol. The first-order chi connectivity index (χ1) is 17.8. The minimum atomic E-state index is -0.769. The van der Waals surface area contributed by atoms with E-state index in [0.29, 0.717) is 22.1 Å². The Labute approximate surface area is 223 Å². The normalized spacial score (nSPS) is 11.8. The summed E-state index contributed by atoms with van der Waals surface area (Å²) in [6.45, 7) is 1.64. The number of nitrogens with zero attached hydrogens (tertiary/aromatic N) is 1. The van der Waals surface area contributed by atoms with Gasteiger partial charge in [0.05, 0.1) is 23.9 Å². The van der Waals surface area contributed by atoms with Gasteiger partial charge < -0.3 is 14.2 Å². The van der Waals surface area contributed by atoms with Crippen LogP contribution in [0, 0.1) is 0 Å². The molecular weight excluding hydrogens is 515 g/mol. The third kappa shape index (κ3) is 6.58. The van der Waals surface area contributed by atoms with Crippen LogP contribution in [0.3, 0.4) is 0 Å². The van der Waals surface area contributed by atoms with E-state index >= 15 is 0 Å². The summed E-state index contributed by atoms with van der Waals surface area (Å²) < 4.78 is 16.5. The van der Waals surface area contributed by atoms with E-state index < -0.39 is 18.0 Å². The molecule has 4 rings (SSSR count). The van der Waals surface area contributed by atoms with Crippen molar-refractivity contribution in [3.8, 4) is 17.2 Å². The first kappa shape index (κ1) is 26.0. The van der Waals surface area contributed by atoms with Crippen LogP contribution in [-0.4, -0.2) is 31.3 Å². The molecule has 7 nitrogen and oxygen atoms in total. The van der Waals surface area contributed by atoms with Gasteiger partial charge in [-0.3, -0.25) is 4.79 Å². The second-order valence-electron chi connectivity index (χ2n) is 7.93. The molecule has 37 heavy (non-hydrogen) atoms. The Balaban J connectivity index is 1.36. The number of amides is 1. The van der Waals surface area contributed by atoms with Gasteiger partial charge in [0.1, 0.15) is 5.75 Å². The van der Waals surface area contributed by atoms with Gasteiger partial charge in [0.25, 0.3) is 5.91 Å². The average Bonchev–Trinajstić information content (AvgIpc) is 2.89. The number of ether oxygens (including phenoxy) is 3. The lowest BCUT2D eigenvalue weighted by atomic mass is 10.1. The van der Waals surface area contributed by atoms with Crippen molar-refractivity contribution in [3.05, 3.63) is 100 Å². The van der Waals surface area contributed by atoms with Gasteiger partial charge in [0, 0.05) is 5.02 Å². The number of esters is 1. The smallest absolute Gasteiger partial charge is 0.345 e. The van der Waals surface area contributed by atoms with Crippen LogP contribution in [0.15, 0.2) is 84.0 Å². The largest absolute Gasteiger partial charge is 0.493 e. The van der Waals surface area contributed by atoms with E-state index in [2.05, 4.69) is 10.5 Å². The van der Waals surface area contributed by atoms with Crippen molar-refractivity contribution < 1.29 is 23.8 Å². The van der Waals surface area contributed by atoms with E-state index in [1.807, 2.05) is 42.5 Å². The maximum absolute atomic E-state index is 12.5. The molecule has 1 unspecified atom stereocenters. The predicted molar refractivity (Wildman–Crippen MR) is 144 cm³/mol. The highest BCUT2D eigenvalue weighted by Crippen LogP contribution is 2.30. The molecular formula is C28H22Cl2N2O5. The lowest BCUT2D eigenvalue weighted by molar-refractivity contribution is -0.127. The molecule has 0 aliphatic rings. The van der Waals surface area contributed by atoms with E-state index in [9.17, 15) is 9.59 Å². The number of carbonyl (C=O) groups excluding carboxylic acids is 2. The molecule has 9 heteroatoms. The molecule has 4 aromatic rings. The Kier molecular flexibility index (Phi) is 8.28. The minimum Gasteiger partial charge on any atom is -0.493 e. The van der Waals surface area contributed by atoms with Crippen LogP contribution in [0.5, 0.6) is 17.2 Å². The SMILES string of the molecule is COc1cc(C=NNC(=O)C(C)Oc2ccc3ccccc3c2)ccc1OC(=O)c1ccc(Cl)cc1Cl. The molecule has 0 bridgehead atoms. The summed E-state index contributed by atoms with van der Waals surface area (Å²) in [5.41, 5.74) is 3.23. The fourth-order valence-electron chi connectivity index (χ4n) is 3.42. The van der Waals surface area contributed by atoms with Gasteiger partial charge in [-0.2, -0.15) is 5.10 Å². The quantitative estimate of drug-likeness (QED) is 0.124. The molecule has 0 spiro atoms. The molecule has 1 amide bonds. The van der Waals surface area contributed by atoms with Crippen LogP contribution in [0.1, 0.15) is 22.8 Å². The topological polar surface area (TPSA) is 86.2 Å². The van der Waals surface area contributed by atoms with Crippen LogP contribution in [-0.2, 0) is 4.79 Å². The first-order valence-electron chi connectivity index (χ1n) is 11.2. The molecule has 0 saturated carbocycles. The number of hydrogen-bond donors (Lipinski definition) is 1. The summed E-state index contributed by atoms with van der Waals surface area (Å²) in [6, 6.07) is 22.8. The third-order valence-corrected chi connectivity index (χ3v) is 5.88. The van der Waals surface area contributed by atoms with Crippen LogP contribution in [0.2, 0.25) is 10.0 Å². The zero-order valence-electron chi connectivity index (χ0n) is 19.9. The Morgan fingerprint density at radius 3 is 2.46 bits per heavy atom. The second kappa shape index (κ2) is 11.8. The molecule has 0 heterocycles. The number of rotatable bonds is 8. The number of nitrogens with one attached hydrogen (secondary N) is 1. The van der Waals surface area contributed by atoms with Crippen LogP contribution < -0.4 is 19.6 Å². The van der Waals surface area contributed by atoms with Crippen molar-refractivity contribution in [2.75, 3.05) is 7.11 Å². The standard InChI is InChI=1S/C28H22Cl2N2O5/c1-17(36-22-10-8-19-5-3-4-6-20(19)14-22)27(33)32-31-16-18-7-12-25(26(13-18)35-2)37-28(34)23-11-9-21(29)15-24(23)30/h3-17H,1-2H3,(H,32,33). The van der Waals surface area contributed by atoms with Crippen LogP contribution in [0.4, 0.5) is 0 Å². The van der Waals surface area contributed by atoms with Crippen LogP contribution >= 0.6 is 23.2 Å². The predicted octanol–water partition coefficient (Wildman–Crippen LogP) is 6.29. The van der Waals surface area contributed by atoms with Gasteiger partial charge in [-0.1, -0.05) is 53.5 Å². The maximum atomic E-state index is 12.5. The zero-order chi connectivity index (χ0) is 26.4. The number of methoxy groups -OCH3 is 1. The van der Waals surface area contributed by atoms with Gasteiger partial charge in [-0.05, 0) is 71.8 Å². The van der Waals surface area contributed by atoms with Crippen molar-refractivity contribution >= 4 is 52.1 Å². The van der Waals surface area contributed by atoms with Crippen LogP contribution in [0.25, 0.3) is 10.8 Å². The molecule has 0 aromatic heterocycles. The summed E-state index contributed by atoms with van der Waals surface area (Å²) in [5, 5.41) is 6.68. The highest BCUT2D eigenvalue weighted by Gasteiger charge is 2.17. The highest BCUT2D eigenvalue weighted by molar-refractivity contribution is 6.36. The molecule has 0 saturated heterocycles. The lowest BCUT2D eigenvalue weighted by Crippen LogP contribution is -2.33. The van der Waals surface area contributed by atoms with Gasteiger partial charge >= 0.3 is 5.97 Å². The van der Waals surface area contributed by atoms with E-state index in [1.165, 1.54) is 25.5 Å². The number of fused-ring (bicyclic) bond motifs is 1. The van der Waals surface area contributed by atoms with E-state index in [1.54, 1.807) is 31.2 Å². The summed E-state index contributed by atoms with van der Waals surface area (Å²) >= 11 is 12.0. The fraction of sp³-hybridized carbons (Fsp3) is 0.107. The number of halogens is 2. The summed E-state index contributed by atoms with van der Waals surface area (Å²) in [6.07, 6.45) is 0.666. The van der Waals surface area contributed by atoms with E-state index in [4.69, 9.17) is 37.4 Å². The molecule has 0 fully saturated rings. The Hall–Kier alpha value is -4.07. The van der Waals surface area contributed by atoms with Crippen molar-refractivity contribution in [1.82, 2.24) is 5.43 Å². The second-order valence-corrected chi connectivity index (χ2v) is 8.77. The van der Waals surface area contributed by atoms with Gasteiger partial charge in [0.15, 0.2) is 17.6 Å². The lowest BCUT2D eigenvalue weighted by Gasteiger charge is -2.13. The number of benzene rings is 4. The van der Waals surface area contributed by atoms with E-state index in [0.717, 1.165) is 10.8 Å². The van der Waals surface area contributed by atoms with Crippen molar-refractivity contribution in [2.45, 2.75) is 13.0 Å². The van der Waals surface area contributed by atoms with Gasteiger partial charge in [-0.15, -0.1) is 0 Å². The van der Waals surface area contributed by atoms with Gasteiger partial charge in [-0.25, -0.2) is 10.2 Å². The third-order valence-electron chi connectivity index (χ3n) is 5.33. The molecule has 188 valence electrons. The molecule has 4 aromatic carbocycles. The van der Waals surface area contributed by atoms with Crippen molar-refractivity contribution in [1.29, 1.82) is 0 Å². The highest BCUT2D eigenvalue weighted by atomic mass is 35.5. The Morgan fingerprint density at radius 2 is 1.70 bits per heavy atom. The Bertz CT molecular complexity index is 1490.